The van der Waals surface area contributed by atoms with Crippen molar-refractivity contribution in [2.75, 3.05) is 25.5 Å². The SMILES string of the molecule is COc1cccc(NC(=O)C2CCCN(C(=O)CCc3c[nH]c4ccccc34)C2)c1. The summed E-state index contributed by atoms with van der Waals surface area (Å²) in [5.41, 5.74) is 2.96. The zero-order chi connectivity index (χ0) is 20.9. The number of rotatable bonds is 6. The molecule has 0 saturated carbocycles. The van der Waals surface area contributed by atoms with E-state index in [9.17, 15) is 9.59 Å². The summed E-state index contributed by atoms with van der Waals surface area (Å²) in [5.74, 6) is 0.573. The molecule has 6 nitrogen and oxygen atoms in total. The van der Waals surface area contributed by atoms with Crippen LogP contribution in [-0.2, 0) is 16.0 Å². The third-order valence-corrected chi connectivity index (χ3v) is 5.77. The van der Waals surface area contributed by atoms with Crippen LogP contribution in [0.25, 0.3) is 10.9 Å². The molecule has 1 fully saturated rings. The van der Waals surface area contributed by atoms with Crippen molar-refractivity contribution in [2.24, 2.45) is 5.92 Å². The first-order chi connectivity index (χ1) is 14.6. The largest absolute Gasteiger partial charge is 0.497 e. The van der Waals surface area contributed by atoms with E-state index in [-0.39, 0.29) is 17.7 Å². The van der Waals surface area contributed by atoms with Gasteiger partial charge in [0.25, 0.3) is 0 Å². The zero-order valence-electron chi connectivity index (χ0n) is 17.2. The smallest absolute Gasteiger partial charge is 0.229 e. The molecular weight excluding hydrogens is 378 g/mol. The van der Waals surface area contributed by atoms with Crippen molar-refractivity contribution in [3.8, 4) is 5.75 Å². The maximum atomic E-state index is 12.8. The van der Waals surface area contributed by atoms with Crippen LogP contribution >= 0.6 is 0 Å². The van der Waals surface area contributed by atoms with E-state index < -0.39 is 0 Å². The van der Waals surface area contributed by atoms with Crippen LogP contribution in [0.4, 0.5) is 5.69 Å². The zero-order valence-corrected chi connectivity index (χ0v) is 17.2. The fourth-order valence-corrected chi connectivity index (χ4v) is 4.10. The maximum absolute atomic E-state index is 12.8. The molecule has 1 unspecified atom stereocenters. The fourth-order valence-electron chi connectivity index (χ4n) is 4.10. The van der Waals surface area contributed by atoms with Crippen LogP contribution in [0, 0.1) is 5.92 Å². The number of carbonyl (C=O) groups is 2. The summed E-state index contributed by atoms with van der Waals surface area (Å²) in [4.78, 5) is 30.6. The summed E-state index contributed by atoms with van der Waals surface area (Å²) in [5, 5.41) is 4.13. The van der Waals surface area contributed by atoms with E-state index in [1.54, 1.807) is 13.2 Å². The van der Waals surface area contributed by atoms with Gasteiger partial charge in [0.2, 0.25) is 11.8 Å². The molecule has 2 aromatic carbocycles. The van der Waals surface area contributed by atoms with E-state index in [0.29, 0.717) is 30.8 Å². The van der Waals surface area contributed by atoms with Gasteiger partial charge in [-0.2, -0.15) is 0 Å². The lowest BCUT2D eigenvalue weighted by Crippen LogP contribution is -2.43. The highest BCUT2D eigenvalue weighted by Gasteiger charge is 2.28. The average Bonchev–Trinajstić information content (AvgIpc) is 3.21. The van der Waals surface area contributed by atoms with Gasteiger partial charge < -0.3 is 19.9 Å². The van der Waals surface area contributed by atoms with Gasteiger partial charge in [0.1, 0.15) is 5.75 Å². The number of fused-ring (bicyclic) bond motifs is 1. The first kappa shape index (κ1) is 20.0. The van der Waals surface area contributed by atoms with Crippen LogP contribution in [0.15, 0.2) is 54.7 Å². The number of methoxy groups -OCH3 is 1. The Hall–Kier alpha value is -3.28. The van der Waals surface area contributed by atoms with Crippen molar-refractivity contribution in [1.82, 2.24) is 9.88 Å². The van der Waals surface area contributed by atoms with Gasteiger partial charge in [0.15, 0.2) is 0 Å². The molecule has 0 aliphatic carbocycles. The highest BCUT2D eigenvalue weighted by atomic mass is 16.5. The van der Waals surface area contributed by atoms with Crippen molar-refractivity contribution in [1.29, 1.82) is 0 Å². The van der Waals surface area contributed by atoms with Gasteiger partial charge in [-0.3, -0.25) is 9.59 Å². The minimum Gasteiger partial charge on any atom is -0.497 e. The number of aromatic amines is 1. The number of nitrogens with zero attached hydrogens (tertiary/aromatic N) is 1. The predicted octanol–water partition coefficient (Wildman–Crippen LogP) is 3.99. The molecule has 0 spiro atoms. The van der Waals surface area contributed by atoms with E-state index in [1.807, 2.05) is 47.5 Å². The highest BCUT2D eigenvalue weighted by molar-refractivity contribution is 5.93. The average molecular weight is 405 g/mol. The second-order valence-electron chi connectivity index (χ2n) is 7.76. The molecule has 3 aromatic rings. The third kappa shape index (κ3) is 4.48. The van der Waals surface area contributed by atoms with E-state index in [0.717, 1.165) is 30.5 Å². The molecule has 0 radical (unpaired) electrons. The number of likely N-dealkylation sites (tertiary alicyclic amines) is 1. The number of anilines is 1. The Morgan fingerprint density at radius 2 is 2.07 bits per heavy atom. The number of para-hydroxylation sites is 1. The van der Waals surface area contributed by atoms with E-state index in [2.05, 4.69) is 16.4 Å². The molecule has 1 aliphatic heterocycles. The lowest BCUT2D eigenvalue weighted by Gasteiger charge is -2.32. The maximum Gasteiger partial charge on any atom is 0.229 e. The number of aryl methyl sites for hydroxylation is 1. The molecule has 1 atom stereocenters. The fraction of sp³-hybridized carbons (Fsp3) is 0.333. The van der Waals surface area contributed by atoms with Crippen molar-refractivity contribution < 1.29 is 14.3 Å². The number of amides is 2. The second kappa shape index (κ2) is 9.03. The number of hydrogen-bond donors (Lipinski definition) is 2. The molecule has 4 rings (SSSR count). The Balaban J connectivity index is 1.33. The molecule has 30 heavy (non-hydrogen) atoms. The molecule has 0 bridgehead atoms. The van der Waals surface area contributed by atoms with Crippen molar-refractivity contribution >= 4 is 28.4 Å². The summed E-state index contributed by atoms with van der Waals surface area (Å²) >= 11 is 0. The molecular formula is C24H27N3O3. The van der Waals surface area contributed by atoms with Crippen molar-refractivity contribution in [3.05, 3.63) is 60.3 Å². The van der Waals surface area contributed by atoms with Gasteiger partial charge in [0.05, 0.1) is 13.0 Å². The molecule has 2 N–H and O–H groups in total. The number of nitrogens with one attached hydrogen (secondary N) is 2. The number of ether oxygens (including phenoxy) is 1. The molecule has 2 heterocycles. The summed E-state index contributed by atoms with van der Waals surface area (Å²) in [6.07, 6.45) is 4.77. The minimum atomic E-state index is -0.193. The topological polar surface area (TPSA) is 74.4 Å². The summed E-state index contributed by atoms with van der Waals surface area (Å²) in [6.45, 7) is 1.19. The minimum absolute atomic E-state index is 0.0441. The normalized spacial score (nSPS) is 16.4. The van der Waals surface area contributed by atoms with Crippen LogP contribution in [0.5, 0.6) is 5.75 Å². The van der Waals surface area contributed by atoms with Crippen LogP contribution in [0.3, 0.4) is 0 Å². The highest BCUT2D eigenvalue weighted by Crippen LogP contribution is 2.23. The third-order valence-electron chi connectivity index (χ3n) is 5.77. The molecule has 6 heteroatoms. The van der Waals surface area contributed by atoms with Gasteiger partial charge in [-0.1, -0.05) is 24.3 Å². The number of piperidine rings is 1. The number of hydrogen-bond acceptors (Lipinski definition) is 3. The van der Waals surface area contributed by atoms with Gasteiger partial charge >= 0.3 is 0 Å². The van der Waals surface area contributed by atoms with Gasteiger partial charge in [-0.05, 0) is 43.0 Å². The van der Waals surface area contributed by atoms with Crippen LogP contribution in [0.2, 0.25) is 0 Å². The van der Waals surface area contributed by atoms with Crippen LogP contribution < -0.4 is 10.1 Å². The molecule has 1 saturated heterocycles. The molecule has 156 valence electrons. The lowest BCUT2D eigenvalue weighted by molar-refractivity contribution is -0.134. The summed E-state index contributed by atoms with van der Waals surface area (Å²) in [6, 6.07) is 15.4. The lowest BCUT2D eigenvalue weighted by atomic mass is 9.96. The first-order valence-electron chi connectivity index (χ1n) is 10.4. The van der Waals surface area contributed by atoms with Crippen molar-refractivity contribution in [2.45, 2.75) is 25.7 Å². The Labute approximate surface area is 176 Å². The first-order valence-corrected chi connectivity index (χ1v) is 10.4. The number of aromatic nitrogens is 1. The van der Waals surface area contributed by atoms with E-state index in [4.69, 9.17) is 4.74 Å². The van der Waals surface area contributed by atoms with Gasteiger partial charge in [-0.15, -0.1) is 0 Å². The molecule has 1 aliphatic rings. The molecule has 2 amide bonds. The van der Waals surface area contributed by atoms with Crippen molar-refractivity contribution in [3.63, 3.8) is 0 Å². The standard InChI is InChI=1S/C24H27N3O3/c1-30-20-8-4-7-19(14-20)26-24(29)18-6-5-13-27(16-18)23(28)12-11-17-15-25-22-10-3-2-9-21(17)22/h2-4,7-10,14-15,18,25H,5-6,11-13,16H2,1H3,(H,26,29). The van der Waals surface area contributed by atoms with E-state index >= 15 is 0 Å². The monoisotopic (exact) mass is 405 g/mol. The molecule has 1 aromatic heterocycles. The van der Waals surface area contributed by atoms with Gasteiger partial charge in [0, 0.05) is 48.4 Å². The number of carbonyl (C=O) groups excluding carboxylic acids is 2. The van der Waals surface area contributed by atoms with Crippen LogP contribution in [0.1, 0.15) is 24.8 Å². The number of H-pyrrole nitrogens is 1. The van der Waals surface area contributed by atoms with Gasteiger partial charge in [-0.25, -0.2) is 0 Å². The van der Waals surface area contributed by atoms with E-state index in [1.165, 1.54) is 5.39 Å². The Kier molecular flexibility index (Phi) is 6.02. The number of benzene rings is 2. The quantitative estimate of drug-likeness (QED) is 0.651. The Morgan fingerprint density at radius 3 is 2.93 bits per heavy atom. The Morgan fingerprint density at radius 1 is 1.20 bits per heavy atom. The summed E-state index contributed by atoms with van der Waals surface area (Å²) < 4.78 is 5.21. The Bertz CT molecular complexity index is 1040. The predicted molar refractivity (Wildman–Crippen MR) is 118 cm³/mol. The summed E-state index contributed by atoms with van der Waals surface area (Å²) in [7, 11) is 1.60. The second-order valence-corrected chi connectivity index (χ2v) is 7.76. The van der Waals surface area contributed by atoms with Crippen LogP contribution in [-0.4, -0.2) is 41.9 Å².